The van der Waals surface area contributed by atoms with Gasteiger partial charge in [0.1, 0.15) is 0 Å². The normalized spacial score (nSPS) is 22.8. The highest BCUT2D eigenvalue weighted by Gasteiger charge is 2.29. The molecule has 3 rings (SSSR count). The molecule has 1 aliphatic rings. The molecule has 2 aromatic rings. The number of halogens is 1. The van der Waals surface area contributed by atoms with Gasteiger partial charge >= 0.3 is 0 Å². The van der Waals surface area contributed by atoms with Crippen molar-refractivity contribution in [2.24, 2.45) is 0 Å². The molecule has 0 bridgehead atoms. The fraction of sp³-hybridized carbons (Fsp3) is 0.385. The zero-order chi connectivity index (χ0) is 13.2. The molecular weight excluding hydrogens is 266 g/mol. The molecule has 1 aromatic carbocycles. The van der Waals surface area contributed by atoms with Gasteiger partial charge in [-0.15, -0.1) is 0 Å². The van der Waals surface area contributed by atoms with Crippen molar-refractivity contribution < 1.29 is 9.26 Å². The highest BCUT2D eigenvalue weighted by atomic mass is 35.5. The maximum Gasteiger partial charge on any atom is 0.244 e. The van der Waals surface area contributed by atoms with E-state index in [-0.39, 0.29) is 12.1 Å². The number of ether oxygens (including phenoxy) is 1. The van der Waals surface area contributed by atoms with Crippen LogP contribution in [0.2, 0.25) is 5.02 Å². The van der Waals surface area contributed by atoms with Gasteiger partial charge in [-0.2, -0.15) is 4.98 Å². The Morgan fingerprint density at radius 2 is 2.26 bits per heavy atom. The Hall–Kier alpha value is -1.43. The van der Waals surface area contributed by atoms with Gasteiger partial charge in [-0.05, 0) is 18.6 Å². The average Bonchev–Trinajstić information content (AvgIpc) is 3.08. The van der Waals surface area contributed by atoms with Crippen molar-refractivity contribution in [1.82, 2.24) is 15.5 Å². The van der Waals surface area contributed by atoms with E-state index in [1.165, 1.54) is 0 Å². The van der Waals surface area contributed by atoms with Crippen molar-refractivity contribution in [3.8, 4) is 11.4 Å². The van der Waals surface area contributed by atoms with Crippen LogP contribution >= 0.6 is 11.6 Å². The number of benzene rings is 1. The Morgan fingerprint density at radius 1 is 1.42 bits per heavy atom. The smallest absolute Gasteiger partial charge is 0.244 e. The van der Waals surface area contributed by atoms with E-state index in [0.29, 0.717) is 16.7 Å². The molecule has 6 heteroatoms. The summed E-state index contributed by atoms with van der Waals surface area (Å²) in [6.45, 7) is 0.797. The SMILES string of the molecule is CO[C@@H]1CN[C@@H](c2nc(-c3ccccc3Cl)no2)C1. The summed E-state index contributed by atoms with van der Waals surface area (Å²) in [5.74, 6) is 1.10. The molecule has 0 radical (unpaired) electrons. The van der Waals surface area contributed by atoms with Crippen molar-refractivity contribution in [3.05, 3.63) is 35.2 Å². The Kier molecular flexibility index (Phi) is 3.50. The summed E-state index contributed by atoms with van der Waals surface area (Å²) in [6, 6.07) is 7.49. The Labute approximate surface area is 115 Å². The molecule has 1 aliphatic heterocycles. The third-order valence-electron chi connectivity index (χ3n) is 3.28. The molecular formula is C13H14ClN3O2. The molecule has 0 aliphatic carbocycles. The van der Waals surface area contributed by atoms with Gasteiger partial charge in [-0.3, -0.25) is 0 Å². The van der Waals surface area contributed by atoms with Crippen LogP contribution in [0, 0.1) is 0 Å². The van der Waals surface area contributed by atoms with Crippen LogP contribution in [-0.2, 0) is 4.74 Å². The Balaban J connectivity index is 1.82. The molecule has 2 atom stereocenters. The minimum Gasteiger partial charge on any atom is -0.380 e. The van der Waals surface area contributed by atoms with Crippen LogP contribution in [0.5, 0.6) is 0 Å². The summed E-state index contributed by atoms with van der Waals surface area (Å²) < 4.78 is 10.6. The molecule has 100 valence electrons. The standard InChI is InChI=1S/C13H14ClN3O2/c1-18-8-6-11(15-7-8)13-16-12(17-19-13)9-4-2-3-5-10(9)14/h2-5,8,11,15H,6-7H2,1H3/t8-,11+/m0/s1. The zero-order valence-corrected chi connectivity index (χ0v) is 11.2. The monoisotopic (exact) mass is 279 g/mol. The summed E-state index contributed by atoms with van der Waals surface area (Å²) >= 11 is 6.12. The third kappa shape index (κ3) is 2.49. The summed E-state index contributed by atoms with van der Waals surface area (Å²) in [4.78, 5) is 4.41. The van der Waals surface area contributed by atoms with Crippen LogP contribution in [0.25, 0.3) is 11.4 Å². The highest BCUT2D eigenvalue weighted by Crippen LogP contribution is 2.28. The fourth-order valence-electron chi connectivity index (χ4n) is 2.20. The van der Waals surface area contributed by atoms with Gasteiger partial charge in [0.15, 0.2) is 0 Å². The maximum absolute atomic E-state index is 6.12. The first-order valence-electron chi connectivity index (χ1n) is 6.12. The zero-order valence-electron chi connectivity index (χ0n) is 10.5. The van der Waals surface area contributed by atoms with Crippen molar-refractivity contribution in [2.75, 3.05) is 13.7 Å². The predicted molar refractivity (Wildman–Crippen MR) is 70.9 cm³/mol. The minimum atomic E-state index is 0.0497. The summed E-state index contributed by atoms with van der Waals surface area (Å²) in [5, 5.41) is 7.91. The predicted octanol–water partition coefficient (Wildman–Crippen LogP) is 2.44. The largest absolute Gasteiger partial charge is 0.380 e. The second kappa shape index (κ2) is 5.28. The van der Waals surface area contributed by atoms with E-state index >= 15 is 0 Å². The van der Waals surface area contributed by atoms with Gasteiger partial charge in [0, 0.05) is 19.2 Å². The number of rotatable bonds is 3. The van der Waals surface area contributed by atoms with E-state index in [9.17, 15) is 0 Å². The third-order valence-corrected chi connectivity index (χ3v) is 3.61. The lowest BCUT2D eigenvalue weighted by molar-refractivity contribution is 0.116. The van der Waals surface area contributed by atoms with Gasteiger partial charge in [0.2, 0.25) is 11.7 Å². The van der Waals surface area contributed by atoms with E-state index in [4.69, 9.17) is 20.9 Å². The first kappa shape index (κ1) is 12.6. The molecule has 1 aromatic heterocycles. The average molecular weight is 280 g/mol. The van der Waals surface area contributed by atoms with E-state index in [1.807, 2.05) is 24.3 Å². The van der Waals surface area contributed by atoms with E-state index in [1.54, 1.807) is 7.11 Å². The van der Waals surface area contributed by atoms with E-state index in [0.717, 1.165) is 18.5 Å². The quantitative estimate of drug-likeness (QED) is 0.935. The van der Waals surface area contributed by atoms with Crippen molar-refractivity contribution in [2.45, 2.75) is 18.6 Å². The molecule has 0 amide bonds. The molecule has 1 N–H and O–H groups in total. The number of nitrogens with zero attached hydrogens (tertiary/aromatic N) is 2. The van der Waals surface area contributed by atoms with Crippen molar-refractivity contribution in [1.29, 1.82) is 0 Å². The van der Waals surface area contributed by atoms with Crippen LogP contribution in [0.3, 0.4) is 0 Å². The van der Waals surface area contributed by atoms with Crippen LogP contribution in [0.1, 0.15) is 18.4 Å². The number of aromatic nitrogens is 2. The first-order chi connectivity index (χ1) is 9.28. The fourth-order valence-corrected chi connectivity index (χ4v) is 2.42. The van der Waals surface area contributed by atoms with Crippen LogP contribution in [0.15, 0.2) is 28.8 Å². The molecule has 5 nitrogen and oxygen atoms in total. The lowest BCUT2D eigenvalue weighted by atomic mass is 10.2. The van der Waals surface area contributed by atoms with Gasteiger partial charge in [0.25, 0.3) is 0 Å². The first-order valence-corrected chi connectivity index (χ1v) is 6.50. The van der Waals surface area contributed by atoms with Crippen LogP contribution in [-0.4, -0.2) is 29.9 Å². The van der Waals surface area contributed by atoms with Crippen LogP contribution in [0.4, 0.5) is 0 Å². The Bertz CT molecular complexity index is 573. The number of nitrogens with one attached hydrogen (secondary N) is 1. The second-order valence-electron chi connectivity index (χ2n) is 4.49. The van der Waals surface area contributed by atoms with E-state index < -0.39 is 0 Å². The molecule has 0 saturated carbocycles. The summed E-state index contributed by atoms with van der Waals surface area (Å²) in [5.41, 5.74) is 0.778. The molecule has 0 spiro atoms. The Morgan fingerprint density at radius 3 is 3.00 bits per heavy atom. The molecule has 19 heavy (non-hydrogen) atoms. The molecule has 1 saturated heterocycles. The summed E-state index contributed by atoms with van der Waals surface area (Å²) in [6.07, 6.45) is 1.03. The van der Waals surface area contributed by atoms with Crippen molar-refractivity contribution in [3.63, 3.8) is 0 Å². The molecule has 0 unspecified atom stereocenters. The molecule has 2 heterocycles. The number of hydrogen-bond acceptors (Lipinski definition) is 5. The molecule has 1 fully saturated rings. The number of hydrogen-bond donors (Lipinski definition) is 1. The van der Waals surface area contributed by atoms with Crippen molar-refractivity contribution >= 4 is 11.6 Å². The minimum absolute atomic E-state index is 0.0497. The van der Waals surface area contributed by atoms with Gasteiger partial charge in [-0.25, -0.2) is 0 Å². The maximum atomic E-state index is 6.12. The van der Waals surface area contributed by atoms with Gasteiger partial charge in [0.05, 0.1) is 17.2 Å². The second-order valence-corrected chi connectivity index (χ2v) is 4.90. The lowest BCUT2D eigenvalue weighted by Crippen LogP contribution is -2.16. The lowest BCUT2D eigenvalue weighted by Gasteiger charge is -2.04. The van der Waals surface area contributed by atoms with Gasteiger partial charge < -0.3 is 14.6 Å². The highest BCUT2D eigenvalue weighted by molar-refractivity contribution is 6.33. The van der Waals surface area contributed by atoms with Crippen LogP contribution < -0.4 is 5.32 Å². The van der Waals surface area contributed by atoms with Gasteiger partial charge in [-0.1, -0.05) is 28.9 Å². The topological polar surface area (TPSA) is 60.2 Å². The summed E-state index contributed by atoms with van der Waals surface area (Å²) in [7, 11) is 1.71. The number of methoxy groups -OCH3 is 1. The van der Waals surface area contributed by atoms with E-state index in [2.05, 4.69) is 15.5 Å².